The average molecular weight is 215 g/mol. The number of nitrogens with zero attached hydrogens (tertiary/aromatic N) is 2. The number of aromatic nitrogens is 2. The first-order valence-corrected chi connectivity index (χ1v) is 4.28. The number of hydrogen-bond donors (Lipinski definition) is 0. The lowest BCUT2D eigenvalue weighted by Gasteiger charge is -2.12. The molecule has 0 bridgehead atoms. The second kappa shape index (κ2) is 2.44. The van der Waals surface area contributed by atoms with Gasteiger partial charge < -0.3 is 4.57 Å². The van der Waals surface area contributed by atoms with Crippen molar-refractivity contribution in [2.75, 3.05) is 0 Å². The molecule has 2 rings (SSSR count). The van der Waals surface area contributed by atoms with Crippen molar-refractivity contribution in [1.82, 2.24) is 9.55 Å². The van der Waals surface area contributed by atoms with Crippen LogP contribution in [0.2, 0.25) is 0 Å². The molecule has 3 nitrogen and oxygen atoms in total. The van der Waals surface area contributed by atoms with Crippen LogP contribution in [0.4, 0.5) is 0 Å². The van der Waals surface area contributed by atoms with Crippen LogP contribution in [0.3, 0.4) is 0 Å². The maximum absolute atomic E-state index is 11.0. The quantitative estimate of drug-likeness (QED) is 0.650. The lowest BCUT2D eigenvalue weighted by molar-refractivity contribution is -0.120. The van der Waals surface area contributed by atoms with E-state index in [9.17, 15) is 4.79 Å². The molecule has 58 valence electrons. The molecule has 0 atom stereocenters. The topological polar surface area (TPSA) is 34.9 Å². The van der Waals surface area contributed by atoms with Gasteiger partial charge in [0, 0.05) is 6.42 Å². The van der Waals surface area contributed by atoms with E-state index in [0.29, 0.717) is 18.7 Å². The van der Waals surface area contributed by atoms with Crippen LogP contribution >= 0.6 is 15.9 Å². The molecular formula is C7H7BrN2O. The summed E-state index contributed by atoms with van der Waals surface area (Å²) in [7, 11) is 0. The smallest absolute Gasteiger partial charge is 0.152 e. The molecule has 0 N–H and O–H groups in total. The van der Waals surface area contributed by atoms with E-state index in [4.69, 9.17) is 0 Å². The van der Waals surface area contributed by atoms with E-state index in [-0.39, 0.29) is 0 Å². The zero-order chi connectivity index (χ0) is 7.84. The van der Waals surface area contributed by atoms with E-state index in [1.165, 1.54) is 0 Å². The van der Waals surface area contributed by atoms with E-state index in [1.54, 1.807) is 6.33 Å². The van der Waals surface area contributed by atoms with Crippen molar-refractivity contribution in [2.24, 2.45) is 0 Å². The van der Waals surface area contributed by atoms with Gasteiger partial charge in [0.25, 0.3) is 0 Å². The molecule has 1 aliphatic heterocycles. The lowest BCUT2D eigenvalue weighted by atomic mass is 10.1. The predicted octanol–water partition coefficient (Wildman–Crippen LogP) is 1.16. The van der Waals surface area contributed by atoms with Gasteiger partial charge in [0.1, 0.15) is 4.60 Å². The summed E-state index contributed by atoms with van der Waals surface area (Å²) in [6, 6.07) is 0. The van der Waals surface area contributed by atoms with Gasteiger partial charge in [-0.3, -0.25) is 4.79 Å². The largest absolute Gasteiger partial charge is 0.326 e. The third kappa shape index (κ3) is 1.11. The van der Waals surface area contributed by atoms with Crippen LogP contribution in [-0.4, -0.2) is 15.3 Å². The molecular weight excluding hydrogens is 208 g/mol. The molecule has 2 heterocycles. The third-order valence-corrected chi connectivity index (χ3v) is 2.55. The molecule has 1 aromatic heterocycles. The number of Topliss-reactive ketones (excluding diaryl/α,β-unsaturated/α-hetero) is 1. The van der Waals surface area contributed by atoms with Gasteiger partial charge in [-0.15, -0.1) is 0 Å². The summed E-state index contributed by atoms with van der Waals surface area (Å²) in [4.78, 5) is 15.0. The molecule has 1 aliphatic rings. The predicted molar refractivity (Wildman–Crippen MR) is 43.3 cm³/mol. The first-order valence-electron chi connectivity index (χ1n) is 3.48. The highest BCUT2D eigenvalue weighted by atomic mass is 79.9. The first kappa shape index (κ1) is 7.03. The number of carbonyl (C=O) groups is 1. The molecule has 0 radical (unpaired) electrons. The zero-order valence-electron chi connectivity index (χ0n) is 5.88. The Morgan fingerprint density at radius 1 is 1.55 bits per heavy atom. The van der Waals surface area contributed by atoms with E-state index < -0.39 is 0 Å². The summed E-state index contributed by atoms with van der Waals surface area (Å²) in [5.41, 5.74) is 1.14. The van der Waals surface area contributed by atoms with Crippen LogP contribution < -0.4 is 0 Å². The van der Waals surface area contributed by atoms with Gasteiger partial charge in [0.2, 0.25) is 0 Å². The Morgan fingerprint density at radius 3 is 3.18 bits per heavy atom. The van der Waals surface area contributed by atoms with Crippen molar-refractivity contribution in [1.29, 1.82) is 0 Å². The Kier molecular flexibility index (Phi) is 1.56. The van der Waals surface area contributed by atoms with Crippen molar-refractivity contribution in [2.45, 2.75) is 19.4 Å². The number of carbonyl (C=O) groups excluding carboxylic acids is 1. The van der Waals surface area contributed by atoms with Crippen LogP contribution in [0.25, 0.3) is 0 Å². The van der Waals surface area contributed by atoms with Gasteiger partial charge in [-0.1, -0.05) is 0 Å². The van der Waals surface area contributed by atoms with Crippen molar-refractivity contribution in [3.8, 4) is 0 Å². The molecule has 0 saturated heterocycles. The minimum atomic E-state index is 0.294. The van der Waals surface area contributed by atoms with Crippen molar-refractivity contribution < 1.29 is 4.79 Å². The van der Waals surface area contributed by atoms with Crippen LogP contribution in [0.1, 0.15) is 12.1 Å². The van der Waals surface area contributed by atoms with Gasteiger partial charge in [-0.05, 0) is 22.4 Å². The van der Waals surface area contributed by atoms with E-state index in [2.05, 4.69) is 20.9 Å². The molecule has 0 amide bonds. The summed E-state index contributed by atoms with van der Waals surface area (Å²) in [6.07, 6.45) is 3.18. The van der Waals surface area contributed by atoms with Gasteiger partial charge in [0.15, 0.2) is 5.78 Å². The molecule has 0 spiro atoms. The highest BCUT2D eigenvalue weighted by Gasteiger charge is 2.17. The molecule has 1 aromatic rings. The van der Waals surface area contributed by atoms with Crippen LogP contribution in [0.15, 0.2) is 10.9 Å². The van der Waals surface area contributed by atoms with Crippen LogP contribution in [0, 0.1) is 0 Å². The van der Waals surface area contributed by atoms with Gasteiger partial charge in [-0.25, -0.2) is 4.98 Å². The first-order chi connectivity index (χ1) is 5.27. The van der Waals surface area contributed by atoms with Crippen molar-refractivity contribution in [3.63, 3.8) is 0 Å². The van der Waals surface area contributed by atoms with Crippen LogP contribution in [0.5, 0.6) is 0 Å². The Balaban J connectivity index is 2.44. The number of fused-ring (bicyclic) bond motifs is 1. The zero-order valence-corrected chi connectivity index (χ0v) is 7.47. The maximum atomic E-state index is 11.0. The second-order valence-electron chi connectivity index (χ2n) is 2.65. The Bertz CT molecular complexity index is 305. The van der Waals surface area contributed by atoms with E-state index >= 15 is 0 Å². The number of imidazole rings is 1. The fraction of sp³-hybridized carbons (Fsp3) is 0.429. The summed E-state index contributed by atoms with van der Waals surface area (Å²) < 4.78 is 2.78. The summed E-state index contributed by atoms with van der Waals surface area (Å²) in [5.74, 6) is 0.294. The third-order valence-electron chi connectivity index (χ3n) is 1.88. The number of halogens is 1. The van der Waals surface area contributed by atoms with Crippen molar-refractivity contribution >= 4 is 21.7 Å². The molecule has 11 heavy (non-hydrogen) atoms. The molecule has 0 aromatic carbocycles. The SMILES string of the molecule is O=C1CCc2c(Br)ncn2C1. The molecule has 0 saturated carbocycles. The number of ketones is 1. The maximum Gasteiger partial charge on any atom is 0.152 e. The highest BCUT2D eigenvalue weighted by Crippen LogP contribution is 2.19. The second-order valence-corrected chi connectivity index (χ2v) is 3.40. The fourth-order valence-corrected chi connectivity index (χ4v) is 1.81. The number of hydrogen-bond acceptors (Lipinski definition) is 2. The molecule has 0 fully saturated rings. The highest BCUT2D eigenvalue weighted by molar-refractivity contribution is 9.10. The Labute approximate surface area is 72.6 Å². The monoisotopic (exact) mass is 214 g/mol. The van der Waals surface area contributed by atoms with Crippen molar-refractivity contribution in [3.05, 3.63) is 16.6 Å². The molecule has 0 unspecified atom stereocenters. The number of rotatable bonds is 0. The normalized spacial score (nSPS) is 16.6. The average Bonchev–Trinajstić information content (AvgIpc) is 2.32. The molecule has 0 aliphatic carbocycles. The summed E-state index contributed by atoms with van der Waals surface area (Å²) in [5, 5.41) is 0. The van der Waals surface area contributed by atoms with E-state index in [1.807, 2.05) is 4.57 Å². The fourth-order valence-electron chi connectivity index (χ4n) is 1.29. The van der Waals surface area contributed by atoms with Gasteiger partial charge in [-0.2, -0.15) is 0 Å². The minimum absolute atomic E-state index is 0.294. The standard InChI is InChI=1S/C7H7BrN2O/c8-7-6-2-1-5(11)3-10(6)4-9-7/h4H,1-3H2. The Hall–Kier alpha value is -0.640. The lowest BCUT2D eigenvalue weighted by Crippen LogP contribution is -2.18. The van der Waals surface area contributed by atoms with Gasteiger partial charge >= 0.3 is 0 Å². The molecule has 4 heteroatoms. The summed E-state index contributed by atoms with van der Waals surface area (Å²) >= 11 is 3.33. The Morgan fingerprint density at radius 2 is 2.36 bits per heavy atom. The van der Waals surface area contributed by atoms with Crippen LogP contribution in [-0.2, 0) is 17.8 Å². The summed E-state index contributed by atoms with van der Waals surface area (Å²) in [6.45, 7) is 0.494. The minimum Gasteiger partial charge on any atom is -0.326 e. The van der Waals surface area contributed by atoms with E-state index in [0.717, 1.165) is 16.7 Å². The van der Waals surface area contributed by atoms with Gasteiger partial charge in [0.05, 0.1) is 18.6 Å².